The van der Waals surface area contributed by atoms with Crippen LogP contribution in [-0.4, -0.2) is 23.9 Å². The first-order valence-corrected chi connectivity index (χ1v) is 6.92. The fourth-order valence-electron chi connectivity index (χ4n) is 1.70. The van der Waals surface area contributed by atoms with E-state index >= 15 is 0 Å². The van der Waals surface area contributed by atoms with Gasteiger partial charge in [-0.1, -0.05) is 36.1 Å². The van der Waals surface area contributed by atoms with Gasteiger partial charge in [-0.15, -0.1) is 0 Å². The van der Waals surface area contributed by atoms with E-state index in [1.807, 2.05) is 25.1 Å². The molecule has 0 atom stereocenters. The first-order chi connectivity index (χ1) is 9.15. The zero-order valence-corrected chi connectivity index (χ0v) is 12.2. The molecule has 0 radical (unpaired) electrons. The number of ether oxygens (including phenoxy) is 2. The van der Waals surface area contributed by atoms with Crippen molar-refractivity contribution in [3.63, 3.8) is 0 Å². The highest BCUT2D eigenvalue weighted by Crippen LogP contribution is 2.35. The van der Waals surface area contributed by atoms with Gasteiger partial charge in [0.25, 0.3) is 5.91 Å². The Hall–Kier alpha value is -1.53. The van der Waals surface area contributed by atoms with Crippen LogP contribution in [0.5, 0.6) is 11.5 Å². The lowest BCUT2D eigenvalue weighted by Gasteiger charge is -2.11. The maximum Gasteiger partial charge on any atom is 0.263 e. The topological polar surface area (TPSA) is 47.6 Å². The van der Waals surface area contributed by atoms with Gasteiger partial charge in [0.15, 0.2) is 11.5 Å². The molecule has 100 valence electrons. The van der Waals surface area contributed by atoms with Gasteiger partial charge in [0.2, 0.25) is 0 Å². The molecule has 1 aromatic rings. The monoisotopic (exact) mass is 295 g/mol. The lowest BCUT2D eigenvalue weighted by atomic mass is 10.1. The summed E-state index contributed by atoms with van der Waals surface area (Å²) in [4.78, 5) is 12.2. The largest absolute Gasteiger partial charge is 0.492 e. The second-order valence-electron chi connectivity index (χ2n) is 3.66. The van der Waals surface area contributed by atoms with Crippen molar-refractivity contribution >= 4 is 40.3 Å². The molecule has 19 heavy (non-hydrogen) atoms. The van der Waals surface area contributed by atoms with Crippen molar-refractivity contribution in [1.29, 1.82) is 0 Å². The number of benzene rings is 1. The lowest BCUT2D eigenvalue weighted by Crippen LogP contribution is -2.17. The van der Waals surface area contributed by atoms with Crippen LogP contribution in [0, 0.1) is 0 Å². The van der Waals surface area contributed by atoms with Crippen molar-refractivity contribution in [1.82, 2.24) is 5.32 Å². The standard InChI is InChI=1S/C13H13NO3S2/c1-3-17-9-6-4-5-8(11(9)16-2)7-10-12(15)14-13(18)19-10/h4-7H,3H2,1-2H3,(H,14,15,18)/b10-7+. The first-order valence-electron chi connectivity index (χ1n) is 5.70. The molecule has 1 fully saturated rings. The van der Waals surface area contributed by atoms with Crippen LogP contribution in [0.25, 0.3) is 6.08 Å². The summed E-state index contributed by atoms with van der Waals surface area (Å²) in [5.74, 6) is 1.09. The SMILES string of the molecule is CCOc1cccc(/C=C2/SC(=S)NC2=O)c1OC. The van der Waals surface area contributed by atoms with E-state index in [4.69, 9.17) is 21.7 Å². The Bertz CT molecular complexity index is 555. The number of hydrogen-bond acceptors (Lipinski definition) is 5. The zero-order valence-electron chi connectivity index (χ0n) is 10.6. The quantitative estimate of drug-likeness (QED) is 0.683. The zero-order chi connectivity index (χ0) is 13.8. The summed E-state index contributed by atoms with van der Waals surface area (Å²) in [6, 6.07) is 5.55. The Morgan fingerprint density at radius 2 is 2.26 bits per heavy atom. The van der Waals surface area contributed by atoms with Crippen molar-refractivity contribution in [2.45, 2.75) is 6.92 Å². The Morgan fingerprint density at radius 3 is 2.84 bits per heavy atom. The number of hydrogen-bond donors (Lipinski definition) is 1. The Labute approximate surface area is 121 Å². The van der Waals surface area contributed by atoms with Crippen LogP contribution < -0.4 is 14.8 Å². The Morgan fingerprint density at radius 1 is 1.47 bits per heavy atom. The predicted octanol–water partition coefficient (Wildman–Crippen LogP) is 2.58. The molecule has 0 saturated carbocycles. The number of thioether (sulfide) groups is 1. The van der Waals surface area contributed by atoms with Crippen LogP contribution >= 0.6 is 24.0 Å². The van der Waals surface area contributed by atoms with E-state index in [0.717, 1.165) is 5.56 Å². The van der Waals surface area contributed by atoms with Gasteiger partial charge in [0.05, 0.1) is 18.6 Å². The van der Waals surface area contributed by atoms with Crippen LogP contribution in [0.3, 0.4) is 0 Å². The van der Waals surface area contributed by atoms with E-state index in [2.05, 4.69) is 5.32 Å². The second-order valence-corrected chi connectivity index (χ2v) is 5.38. The third-order valence-corrected chi connectivity index (χ3v) is 3.60. The highest BCUT2D eigenvalue weighted by atomic mass is 32.2. The number of para-hydroxylation sites is 1. The highest BCUT2D eigenvalue weighted by molar-refractivity contribution is 8.26. The van der Waals surface area contributed by atoms with Crippen LogP contribution in [0.1, 0.15) is 12.5 Å². The summed E-state index contributed by atoms with van der Waals surface area (Å²) in [5, 5.41) is 2.58. The lowest BCUT2D eigenvalue weighted by molar-refractivity contribution is -0.115. The molecule has 1 aliphatic rings. The Kier molecular flexibility index (Phi) is 4.44. The smallest absolute Gasteiger partial charge is 0.263 e. The number of nitrogens with one attached hydrogen (secondary N) is 1. The molecule has 1 aliphatic heterocycles. The molecule has 0 bridgehead atoms. The molecule has 6 heteroatoms. The van der Waals surface area contributed by atoms with Crippen LogP contribution in [-0.2, 0) is 4.79 Å². The molecule has 2 rings (SSSR count). The normalized spacial score (nSPS) is 16.6. The van der Waals surface area contributed by atoms with Gasteiger partial charge in [-0.3, -0.25) is 4.79 Å². The number of methoxy groups -OCH3 is 1. The average molecular weight is 295 g/mol. The van der Waals surface area contributed by atoms with Crippen LogP contribution in [0.2, 0.25) is 0 Å². The van der Waals surface area contributed by atoms with E-state index in [9.17, 15) is 4.79 Å². The van der Waals surface area contributed by atoms with Gasteiger partial charge in [-0.05, 0) is 19.1 Å². The van der Waals surface area contributed by atoms with E-state index in [1.165, 1.54) is 11.8 Å². The summed E-state index contributed by atoms with van der Waals surface area (Å²) in [5.41, 5.74) is 0.788. The summed E-state index contributed by atoms with van der Waals surface area (Å²) >= 11 is 6.19. The van der Waals surface area contributed by atoms with E-state index in [-0.39, 0.29) is 5.91 Å². The molecule has 4 nitrogen and oxygen atoms in total. The van der Waals surface area contributed by atoms with Crippen LogP contribution in [0.15, 0.2) is 23.1 Å². The number of thiocarbonyl (C=S) groups is 1. The molecular weight excluding hydrogens is 282 g/mol. The molecule has 0 spiro atoms. The van der Waals surface area contributed by atoms with Crippen molar-refractivity contribution in [3.8, 4) is 11.5 Å². The fraction of sp³-hybridized carbons (Fsp3) is 0.231. The van der Waals surface area contributed by atoms with Crippen molar-refractivity contribution < 1.29 is 14.3 Å². The maximum atomic E-state index is 11.6. The molecule has 1 N–H and O–H groups in total. The van der Waals surface area contributed by atoms with Crippen molar-refractivity contribution in [3.05, 3.63) is 28.7 Å². The van der Waals surface area contributed by atoms with Gasteiger partial charge in [-0.25, -0.2) is 0 Å². The van der Waals surface area contributed by atoms with Gasteiger partial charge < -0.3 is 14.8 Å². The Balaban J connectivity index is 2.40. The van der Waals surface area contributed by atoms with E-state index < -0.39 is 0 Å². The summed E-state index contributed by atoms with van der Waals surface area (Å²) < 4.78 is 11.3. The van der Waals surface area contributed by atoms with Gasteiger partial charge >= 0.3 is 0 Å². The van der Waals surface area contributed by atoms with Gasteiger partial charge in [-0.2, -0.15) is 0 Å². The fourth-order valence-corrected chi connectivity index (χ4v) is 2.73. The minimum atomic E-state index is -0.182. The number of rotatable bonds is 4. The van der Waals surface area contributed by atoms with Crippen molar-refractivity contribution in [2.75, 3.05) is 13.7 Å². The molecule has 1 saturated heterocycles. The third kappa shape index (κ3) is 3.08. The van der Waals surface area contributed by atoms with Gasteiger partial charge in [0, 0.05) is 5.56 Å². The maximum absolute atomic E-state index is 11.6. The molecule has 1 heterocycles. The first kappa shape index (κ1) is 13.9. The molecule has 0 aliphatic carbocycles. The predicted molar refractivity (Wildman–Crippen MR) is 80.5 cm³/mol. The molecular formula is C13H13NO3S2. The number of amides is 1. The van der Waals surface area contributed by atoms with Crippen LogP contribution in [0.4, 0.5) is 0 Å². The number of carbonyl (C=O) groups excluding carboxylic acids is 1. The van der Waals surface area contributed by atoms with E-state index in [0.29, 0.717) is 27.3 Å². The summed E-state index contributed by atoms with van der Waals surface area (Å²) in [6.45, 7) is 2.46. The van der Waals surface area contributed by atoms with E-state index in [1.54, 1.807) is 13.2 Å². The van der Waals surface area contributed by atoms with Gasteiger partial charge in [0.1, 0.15) is 4.32 Å². The average Bonchev–Trinajstić information content (AvgIpc) is 2.69. The summed E-state index contributed by atoms with van der Waals surface area (Å²) in [7, 11) is 1.58. The van der Waals surface area contributed by atoms with Crippen molar-refractivity contribution in [2.24, 2.45) is 0 Å². The molecule has 0 unspecified atom stereocenters. The minimum Gasteiger partial charge on any atom is -0.492 e. The molecule has 1 aromatic carbocycles. The molecule has 1 amide bonds. The minimum absolute atomic E-state index is 0.182. The highest BCUT2D eigenvalue weighted by Gasteiger charge is 2.22. The number of carbonyl (C=O) groups is 1. The summed E-state index contributed by atoms with van der Waals surface area (Å²) in [6.07, 6.45) is 1.75. The third-order valence-electron chi connectivity index (χ3n) is 2.44. The molecule has 0 aromatic heterocycles. The second kappa shape index (κ2) is 6.08.